The Morgan fingerprint density at radius 2 is 2.00 bits per heavy atom. The van der Waals surface area contributed by atoms with Crippen LogP contribution in [0, 0.1) is 0 Å². The molecule has 0 aliphatic carbocycles. The predicted octanol–water partition coefficient (Wildman–Crippen LogP) is 2.01. The Labute approximate surface area is 96.5 Å². The number of halogens is 1. The van der Waals surface area contributed by atoms with Crippen LogP contribution in [0.1, 0.15) is 12.5 Å². The molecular weight excluding hydrogens is 262 g/mol. The minimum absolute atomic E-state index is 0.168. The predicted molar refractivity (Wildman–Crippen MR) is 66.3 cm³/mol. The Kier molecular flexibility index (Phi) is 4.03. The van der Waals surface area contributed by atoms with Crippen molar-refractivity contribution in [3.63, 3.8) is 0 Å². The summed E-state index contributed by atoms with van der Waals surface area (Å²) in [6.07, 6.45) is 0. The van der Waals surface area contributed by atoms with Gasteiger partial charge in [-0.15, -0.1) is 0 Å². The van der Waals surface area contributed by atoms with Gasteiger partial charge in [0.1, 0.15) is 0 Å². The van der Waals surface area contributed by atoms with Crippen molar-refractivity contribution in [2.75, 3.05) is 0 Å². The molecule has 0 unspecified atom stereocenters. The maximum atomic E-state index is 5.25. The van der Waals surface area contributed by atoms with Crippen LogP contribution in [0.2, 0.25) is 0 Å². The Morgan fingerprint density at radius 1 is 1.43 bits per heavy atom. The average molecular weight is 272 g/mol. The van der Waals surface area contributed by atoms with E-state index in [4.69, 9.17) is 5.73 Å². The van der Waals surface area contributed by atoms with Gasteiger partial charge in [-0.25, -0.2) is 0 Å². The quantitative estimate of drug-likeness (QED) is 0.492. The SMILES string of the molecule is C/C(=N/NC(N)=S)c1ccc(Br)cc1. The van der Waals surface area contributed by atoms with Gasteiger partial charge in [-0.2, -0.15) is 5.10 Å². The van der Waals surface area contributed by atoms with Crippen molar-refractivity contribution in [3.8, 4) is 0 Å². The van der Waals surface area contributed by atoms with Crippen LogP contribution >= 0.6 is 28.1 Å². The topological polar surface area (TPSA) is 50.4 Å². The molecule has 0 bridgehead atoms. The third-order valence-corrected chi connectivity index (χ3v) is 2.22. The minimum atomic E-state index is 0.168. The second-order valence-electron chi connectivity index (χ2n) is 2.68. The van der Waals surface area contributed by atoms with Gasteiger partial charge in [0.05, 0.1) is 5.71 Å². The van der Waals surface area contributed by atoms with E-state index in [9.17, 15) is 0 Å². The molecule has 0 saturated carbocycles. The molecule has 0 saturated heterocycles. The lowest BCUT2D eigenvalue weighted by Gasteiger charge is -2.01. The molecule has 3 N–H and O–H groups in total. The van der Waals surface area contributed by atoms with E-state index in [0.29, 0.717) is 0 Å². The lowest BCUT2D eigenvalue weighted by atomic mass is 10.1. The molecule has 0 spiro atoms. The van der Waals surface area contributed by atoms with E-state index in [2.05, 4.69) is 38.7 Å². The number of nitrogens with two attached hydrogens (primary N) is 1. The van der Waals surface area contributed by atoms with E-state index in [0.717, 1.165) is 15.7 Å². The molecule has 1 aromatic rings. The van der Waals surface area contributed by atoms with E-state index in [1.165, 1.54) is 0 Å². The van der Waals surface area contributed by atoms with Crippen LogP contribution in [0.15, 0.2) is 33.8 Å². The minimum Gasteiger partial charge on any atom is -0.375 e. The monoisotopic (exact) mass is 271 g/mol. The highest BCUT2D eigenvalue weighted by Crippen LogP contribution is 2.10. The maximum Gasteiger partial charge on any atom is 0.184 e. The van der Waals surface area contributed by atoms with Crippen molar-refractivity contribution < 1.29 is 0 Å². The van der Waals surface area contributed by atoms with Crippen LogP contribution < -0.4 is 11.2 Å². The molecule has 14 heavy (non-hydrogen) atoms. The summed E-state index contributed by atoms with van der Waals surface area (Å²) in [5.74, 6) is 0. The summed E-state index contributed by atoms with van der Waals surface area (Å²) < 4.78 is 1.04. The highest BCUT2D eigenvalue weighted by molar-refractivity contribution is 9.10. The van der Waals surface area contributed by atoms with Gasteiger partial charge in [-0.3, -0.25) is 5.43 Å². The normalized spacial score (nSPS) is 11.1. The van der Waals surface area contributed by atoms with Gasteiger partial charge >= 0.3 is 0 Å². The van der Waals surface area contributed by atoms with E-state index in [-0.39, 0.29) is 5.11 Å². The van der Waals surface area contributed by atoms with Gasteiger partial charge < -0.3 is 5.73 Å². The lowest BCUT2D eigenvalue weighted by molar-refractivity contribution is 1.03. The zero-order valence-corrected chi connectivity index (χ0v) is 10.0. The molecule has 74 valence electrons. The van der Waals surface area contributed by atoms with Gasteiger partial charge in [0.15, 0.2) is 5.11 Å². The van der Waals surface area contributed by atoms with Crippen molar-refractivity contribution in [3.05, 3.63) is 34.3 Å². The number of rotatable bonds is 2. The van der Waals surface area contributed by atoms with Gasteiger partial charge in [0.25, 0.3) is 0 Å². The lowest BCUT2D eigenvalue weighted by Crippen LogP contribution is -2.25. The molecule has 0 heterocycles. The van der Waals surface area contributed by atoms with Gasteiger partial charge in [-0.1, -0.05) is 28.1 Å². The van der Waals surface area contributed by atoms with Crippen molar-refractivity contribution >= 4 is 39.0 Å². The van der Waals surface area contributed by atoms with Crippen LogP contribution in [-0.2, 0) is 0 Å². The summed E-state index contributed by atoms with van der Waals surface area (Å²) in [6.45, 7) is 1.88. The van der Waals surface area contributed by atoms with Gasteiger partial charge in [0, 0.05) is 4.47 Å². The second kappa shape index (κ2) is 5.07. The van der Waals surface area contributed by atoms with Crippen LogP contribution in [0.3, 0.4) is 0 Å². The third-order valence-electron chi connectivity index (χ3n) is 1.60. The molecular formula is C9H10BrN3S. The van der Waals surface area contributed by atoms with E-state index in [1.54, 1.807) is 0 Å². The summed E-state index contributed by atoms with van der Waals surface area (Å²) >= 11 is 8.00. The summed E-state index contributed by atoms with van der Waals surface area (Å²) in [6, 6.07) is 7.83. The molecule has 0 fully saturated rings. The van der Waals surface area contributed by atoms with Crippen LogP contribution in [0.4, 0.5) is 0 Å². The smallest absolute Gasteiger partial charge is 0.184 e. The van der Waals surface area contributed by atoms with Crippen LogP contribution in [0.5, 0.6) is 0 Å². The summed E-state index contributed by atoms with van der Waals surface area (Å²) in [4.78, 5) is 0. The maximum absolute atomic E-state index is 5.25. The highest BCUT2D eigenvalue weighted by atomic mass is 79.9. The first kappa shape index (κ1) is 11.1. The first-order valence-electron chi connectivity index (χ1n) is 3.95. The summed E-state index contributed by atoms with van der Waals surface area (Å²) in [7, 11) is 0. The second-order valence-corrected chi connectivity index (χ2v) is 4.04. The zero-order valence-electron chi connectivity index (χ0n) is 7.62. The molecule has 0 aliphatic heterocycles. The van der Waals surface area contributed by atoms with E-state index < -0.39 is 0 Å². The molecule has 3 nitrogen and oxygen atoms in total. The zero-order chi connectivity index (χ0) is 10.6. The Morgan fingerprint density at radius 3 is 2.50 bits per heavy atom. The Bertz CT molecular complexity index is 359. The van der Waals surface area contributed by atoms with Gasteiger partial charge in [0.2, 0.25) is 0 Å². The first-order chi connectivity index (χ1) is 6.59. The number of thiocarbonyl (C=S) groups is 1. The molecule has 0 radical (unpaired) electrons. The van der Waals surface area contributed by atoms with Crippen molar-refractivity contribution in [2.45, 2.75) is 6.92 Å². The standard InChI is InChI=1S/C9H10BrN3S/c1-6(12-13-9(11)14)7-2-4-8(10)5-3-7/h2-5H,1H3,(H3,11,13,14)/b12-6-. The third kappa shape index (κ3) is 3.43. The number of hydrogen-bond acceptors (Lipinski definition) is 2. The molecule has 0 amide bonds. The molecule has 1 rings (SSSR count). The molecule has 5 heteroatoms. The molecule has 1 aromatic carbocycles. The van der Waals surface area contributed by atoms with Crippen molar-refractivity contribution in [1.29, 1.82) is 0 Å². The summed E-state index contributed by atoms with van der Waals surface area (Å²) in [5.41, 5.74) is 9.66. The van der Waals surface area contributed by atoms with E-state index >= 15 is 0 Å². The largest absolute Gasteiger partial charge is 0.375 e. The molecule has 0 atom stereocenters. The average Bonchev–Trinajstić information content (AvgIpc) is 2.15. The number of hydrogen-bond donors (Lipinski definition) is 2. The number of hydrazone groups is 1. The fourth-order valence-corrected chi connectivity index (χ4v) is 1.20. The number of nitrogens with one attached hydrogen (secondary N) is 1. The molecule has 0 aliphatic rings. The van der Waals surface area contributed by atoms with Crippen LogP contribution in [-0.4, -0.2) is 10.8 Å². The number of benzene rings is 1. The van der Waals surface area contributed by atoms with Crippen molar-refractivity contribution in [1.82, 2.24) is 5.43 Å². The first-order valence-corrected chi connectivity index (χ1v) is 5.15. The van der Waals surface area contributed by atoms with Crippen molar-refractivity contribution in [2.24, 2.45) is 10.8 Å². The van der Waals surface area contributed by atoms with E-state index in [1.807, 2.05) is 31.2 Å². The highest BCUT2D eigenvalue weighted by Gasteiger charge is 1.96. The number of nitrogens with zero attached hydrogens (tertiary/aromatic N) is 1. The Hall–Kier alpha value is -0.940. The van der Waals surface area contributed by atoms with Gasteiger partial charge in [-0.05, 0) is 36.8 Å². The van der Waals surface area contributed by atoms with Crippen LogP contribution in [0.25, 0.3) is 0 Å². The molecule has 0 aromatic heterocycles. The Balaban J connectivity index is 2.78. The fourth-order valence-electron chi connectivity index (χ4n) is 0.895. The fraction of sp³-hybridized carbons (Fsp3) is 0.111. The summed E-state index contributed by atoms with van der Waals surface area (Å²) in [5, 5.41) is 4.18.